The second-order valence-corrected chi connectivity index (χ2v) is 8.65. The summed E-state index contributed by atoms with van der Waals surface area (Å²) in [5, 5.41) is 5.14. The molecular formula is C26H26F2N4O. The highest BCUT2D eigenvalue weighted by atomic mass is 19.1. The molecule has 1 aliphatic carbocycles. The van der Waals surface area contributed by atoms with Crippen LogP contribution < -0.4 is 0 Å². The maximum absolute atomic E-state index is 13.9. The maximum Gasteiger partial charge on any atom is 0.159 e. The van der Waals surface area contributed by atoms with Crippen LogP contribution in [0.25, 0.3) is 22.2 Å². The molecular weight excluding hydrogens is 422 g/mol. The number of aromatic nitrogens is 4. The van der Waals surface area contributed by atoms with Crippen LogP contribution in [0, 0.1) is 18.6 Å². The van der Waals surface area contributed by atoms with Crippen molar-refractivity contribution in [1.82, 2.24) is 19.7 Å². The molecule has 0 amide bonds. The van der Waals surface area contributed by atoms with Gasteiger partial charge in [0, 0.05) is 47.3 Å². The van der Waals surface area contributed by atoms with Gasteiger partial charge in [-0.3, -0.25) is 4.68 Å². The summed E-state index contributed by atoms with van der Waals surface area (Å²) in [6, 6.07) is 9.63. The van der Waals surface area contributed by atoms with Crippen molar-refractivity contribution in [2.45, 2.75) is 51.2 Å². The van der Waals surface area contributed by atoms with E-state index in [-0.39, 0.29) is 0 Å². The molecule has 1 unspecified atom stereocenters. The summed E-state index contributed by atoms with van der Waals surface area (Å²) in [6.07, 6.45) is 12.3. The SMILES string of the molecule is Cc1ccc2c(-c3ccc(F)cc3F)ccnc2n1.c1nn(C2CC2)cc1C1CCCCO1. The minimum atomic E-state index is -0.590. The molecule has 2 aliphatic rings. The van der Waals surface area contributed by atoms with Gasteiger partial charge >= 0.3 is 0 Å². The van der Waals surface area contributed by atoms with Crippen LogP contribution in [0.1, 0.15) is 55.5 Å². The van der Waals surface area contributed by atoms with E-state index in [0.717, 1.165) is 30.2 Å². The first-order chi connectivity index (χ1) is 16.1. The van der Waals surface area contributed by atoms with Gasteiger partial charge in [-0.25, -0.2) is 18.7 Å². The van der Waals surface area contributed by atoms with Gasteiger partial charge in [-0.15, -0.1) is 0 Å². The molecule has 6 rings (SSSR count). The molecule has 0 spiro atoms. The molecule has 3 aromatic heterocycles. The third kappa shape index (κ3) is 4.93. The second kappa shape index (κ2) is 9.35. The van der Waals surface area contributed by atoms with Crippen molar-refractivity contribution in [2.75, 3.05) is 6.61 Å². The normalized spacial score (nSPS) is 18.1. The molecule has 170 valence electrons. The topological polar surface area (TPSA) is 52.8 Å². The zero-order valence-electron chi connectivity index (χ0n) is 18.5. The Labute approximate surface area is 191 Å². The molecule has 4 heterocycles. The molecule has 5 nitrogen and oxygen atoms in total. The van der Waals surface area contributed by atoms with Gasteiger partial charge in [0.05, 0.1) is 18.3 Å². The Morgan fingerprint density at radius 2 is 1.88 bits per heavy atom. The highest BCUT2D eigenvalue weighted by molar-refractivity contribution is 5.92. The van der Waals surface area contributed by atoms with Gasteiger partial charge in [0.25, 0.3) is 0 Å². The van der Waals surface area contributed by atoms with Crippen molar-refractivity contribution >= 4 is 11.0 Å². The largest absolute Gasteiger partial charge is 0.373 e. The van der Waals surface area contributed by atoms with Crippen LogP contribution >= 0.6 is 0 Å². The van der Waals surface area contributed by atoms with Crippen LogP contribution in [-0.4, -0.2) is 26.4 Å². The van der Waals surface area contributed by atoms with Crippen molar-refractivity contribution < 1.29 is 13.5 Å². The van der Waals surface area contributed by atoms with E-state index in [1.165, 1.54) is 43.4 Å². The highest BCUT2D eigenvalue weighted by Gasteiger charge is 2.26. The minimum Gasteiger partial charge on any atom is -0.373 e. The summed E-state index contributed by atoms with van der Waals surface area (Å²) >= 11 is 0. The van der Waals surface area contributed by atoms with E-state index in [2.05, 4.69) is 25.9 Å². The standard InChI is InChI=1S/C15H10F2N2.C11H16N2O/c1-9-2-4-13-11(6-7-18-15(13)19-9)12-5-3-10(16)8-14(12)17;1-2-6-14-11(3-1)9-7-12-13(8-9)10-4-5-10/h2-8H,1H3;7-8,10-11H,1-6H2. The number of rotatable bonds is 3. The van der Waals surface area contributed by atoms with E-state index in [1.807, 2.05) is 25.3 Å². The number of aryl methyl sites for hydroxylation is 1. The summed E-state index contributed by atoms with van der Waals surface area (Å²) in [7, 11) is 0. The van der Waals surface area contributed by atoms with Crippen LogP contribution in [0.3, 0.4) is 0 Å². The summed E-state index contributed by atoms with van der Waals surface area (Å²) in [5.41, 5.74) is 3.68. The lowest BCUT2D eigenvalue weighted by molar-refractivity contribution is 0.0149. The maximum atomic E-state index is 13.9. The molecule has 1 aliphatic heterocycles. The Bertz CT molecular complexity index is 1260. The molecule has 0 radical (unpaired) electrons. The van der Waals surface area contributed by atoms with E-state index in [0.29, 0.717) is 28.9 Å². The summed E-state index contributed by atoms with van der Waals surface area (Å²) in [4.78, 5) is 8.47. The van der Waals surface area contributed by atoms with Gasteiger partial charge in [0.15, 0.2) is 5.65 Å². The fraction of sp³-hybridized carbons (Fsp3) is 0.346. The molecule has 0 bridgehead atoms. The minimum absolute atomic E-state index is 0.316. The lowest BCUT2D eigenvalue weighted by Crippen LogP contribution is -2.10. The molecule has 1 saturated carbocycles. The van der Waals surface area contributed by atoms with Crippen molar-refractivity contribution in [3.63, 3.8) is 0 Å². The lowest BCUT2D eigenvalue weighted by atomic mass is 10.0. The molecule has 0 N–H and O–H groups in total. The predicted octanol–water partition coefficient (Wildman–Crippen LogP) is 6.34. The van der Waals surface area contributed by atoms with Crippen LogP contribution in [-0.2, 0) is 4.74 Å². The van der Waals surface area contributed by atoms with Crippen LogP contribution in [0.5, 0.6) is 0 Å². The Balaban J connectivity index is 0.000000144. The first-order valence-corrected chi connectivity index (χ1v) is 11.4. The average Bonchev–Trinajstić information content (AvgIpc) is 3.56. The fourth-order valence-electron chi connectivity index (χ4n) is 4.13. The molecule has 1 saturated heterocycles. The van der Waals surface area contributed by atoms with Gasteiger partial charge in [0.2, 0.25) is 0 Å². The van der Waals surface area contributed by atoms with Crippen LogP contribution in [0.4, 0.5) is 8.78 Å². The third-order valence-electron chi connectivity index (χ3n) is 6.06. The van der Waals surface area contributed by atoms with Gasteiger partial charge < -0.3 is 4.74 Å². The Hall–Kier alpha value is -3.19. The number of ether oxygens (including phenoxy) is 1. The van der Waals surface area contributed by atoms with Crippen molar-refractivity contribution in [3.05, 3.63) is 77.9 Å². The van der Waals surface area contributed by atoms with E-state index >= 15 is 0 Å². The van der Waals surface area contributed by atoms with Crippen molar-refractivity contribution in [3.8, 4) is 11.1 Å². The highest BCUT2D eigenvalue weighted by Crippen LogP contribution is 2.36. The zero-order valence-corrected chi connectivity index (χ0v) is 18.5. The first kappa shape index (κ1) is 21.6. The summed E-state index contributed by atoms with van der Waals surface area (Å²) < 4.78 is 34.7. The number of fused-ring (bicyclic) bond motifs is 1. The summed E-state index contributed by atoms with van der Waals surface area (Å²) in [5.74, 6) is -1.18. The third-order valence-corrected chi connectivity index (χ3v) is 6.06. The number of halogens is 2. The van der Waals surface area contributed by atoms with E-state index in [9.17, 15) is 8.78 Å². The molecule has 7 heteroatoms. The monoisotopic (exact) mass is 448 g/mol. The fourth-order valence-corrected chi connectivity index (χ4v) is 4.13. The van der Waals surface area contributed by atoms with Crippen molar-refractivity contribution in [2.24, 2.45) is 0 Å². The average molecular weight is 449 g/mol. The zero-order chi connectivity index (χ0) is 22.8. The quantitative estimate of drug-likeness (QED) is 0.367. The smallest absolute Gasteiger partial charge is 0.159 e. The van der Waals surface area contributed by atoms with Gasteiger partial charge in [0.1, 0.15) is 11.6 Å². The predicted molar refractivity (Wildman–Crippen MR) is 123 cm³/mol. The Morgan fingerprint density at radius 1 is 1.00 bits per heavy atom. The lowest BCUT2D eigenvalue weighted by Gasteiger charge is -2.21. The number of hydrogen-bond donors (Lipinski definition) is 0. The number of hydrogen-bond acceptors (Lipinski definition) is 4. The number of benzene rings is 1. The second-order valence-electron chi connectivity index (χ2n) is 8.65. The molecule has 1 aromatic carbocycles. The van der Waals surface area contributed by atoms with Gasteiger partial charge in [-0.05, 0) is 74.9 Å². The van der Waals surface area contributed by atoms with Crippen LogP contribution in [0.15, 0.2) is 55.0 Å². The van der Waals surface area contributed by atoms with Gasteiger partial charge in [-0.1, -0.05) is 0 Å². The van der Waals surface area contributed by atoms with Crippen molar-refractivity contribution in [1.29, 1.82) is 0 Å². The van der Waals surface area contributed by atoms with E-state index in [4.69, 9.17) is 4.74 Å². The number of pyridine rings is 2. The molecule has 1 atom stereocenters. The van der Waals surface area contributed by atoms with Gasteiger partial charge in [-0.2, -0.15) is 5.10 Å². The summed E-state index contributed by atoms with van der Waals surface area (Å²) in [6.45, 7) is 2.78. The Kier molecular flexibility index (Phi) is 6.13. The molecule has 2 fully saturated rings. The van der Waals surface area contributed by atoms with E-state index in [1.54, 1.807) is 12.3 Å². The number of nitrogens with zero attached hydrogens (tertiary/aromatic N) is 4. The Morgan fingerprint density at radius 3 is 2.64 bits per heavy atom. The first-order valence-electron chi connectivity index (χ1n) is 11.4. The molecule has 4 aromatic rings. The molecule has 33 heavy (non-hydrogen) atoms. The van der Waals surface area contributed by atoms with Crippen LogP contribution in [0.2, 0.25) is 0 Å². The van der Waals surface area contributed by atoms with E-state index < -0.39 is 11.6 Å².